The normalized spacial score (nSPS) is 10.1. The first-order chi connectivity index (χ1) is 10.4. The van der Waals surface area contributed by atoms with Crippen LogP contribution in [0.5, 0.6) is 0 Å². The van der Waals surface area contributed by atoms with Gasteiger partial charge in [0.2, 0.25) is 5.91 Å². The second-order valence-electron chi connectivity index (χ2n) is 4.94. The van der Waals surface area contributed by atoms with Crippen molar-refractivity contribution in [1.82, 2.24) is 4.37 Å². The van der Waals surface area contributed by atoms with Crippen molar-refractivity contribution in [2.24, 2.45) is 0 Å². The number of halogens is 1. The van der Waals surface area contributed by atoms with Crippen molar-refractivity contribution < 1.29 is 4.79 Å². The number of nitriles is 1. The molecule has 22 heavy (non-hydrogen) atoms. The molecule has 5 nitrogen and oxygen atoms in total. The van der Waals surface area contributed by atoms with Crippen molar-refractivity contribution in [3.05, 3.63) is 40.0 Å². The topological polar surface area (TPSA) is 69.0 Å². The van der Waals surface area contributed by atoms with Crippen LogP contribution in [0, 0.1) is 25.2 Å². The predicted molar refractivity (Wildman–Crippen MR) is 89.7 cm³/mol. The number of carbonyl (C=O) groups excluding carboxylic acids is 1. The van der Waals surface area contributed by atoms with Gasteiger partial charge in [-0.3, -0.25) is 4.79 Å². The number of hydrogen-bond donors (Lipinski definition) is 1. The van der Waals surface area contributed by atoms with Crippen LogP contribution in [-0.4, -0.2) is 23.9 Å². The van der Waals surface area contributed by atoms with E-state index in [2.05, 4.69) is 9.69 Å². The van der Waals surface area contributed by atoms with Gasteiger partial charge < -0.3 is 10.2 Å². The molecular formula is C15H15ClN4OS. The smallest absolute Gasteiger partial charge is 0.243 e. The number of nitrogens with one attached hydrogen (secondary N) is 1. The van der Waals surface area contributed by atoms with Gasteiger partial charge in [0.15, 0.2) is 5.15 Å². The lowest BCUT2D eigenvalue weighted by Gasteiger charge is -2.18. The maximum atomic E-state index is 12.2. The number of hydrogen-bond acceptors (Lipinski definition) is 5. The summed E-state index contributed by atoms with van der Waals surface area (Å²) >= 11 is 6.95. The Balaban J connectivity index is 2.11. The summed E-state index contributed by atoms with van der Waals surface area (Å²) < 4.78 is 3.94. The number of likely N-dealkylation sites (N-methyl/N-ethyl adjacent to an activating group) is 1. The lowest BCUT2D eigenvalue weighted by molar-refractivity contribution is -0.114. The van der Waals surface area contributed by atoms with Crippen LogP contribution < -0.4 is 10.2 Å². The van der Waals surface area contributed by atoms with Crippen molar-refractivity contribution in [3.8, 4) is 6.07 Å². The van der Waals surface area contributed by atoms with Crippen LogP contribution in [0.25, 0.3) is 0 Å². The third-order valence-electron chi connectivity index (χ3n) is 3.22. The molecule has 0 saturated carbocycles. The fraction of sp³-hybridized carbons (Fsp3) is 0.267. The Morgan fingerprint density at radius 1 is 1.45 bits per heavy atom. The van der Waals surface area contributed by atoms with Crippen LogP contribution in [0.1, 0.15) is 16.7 Å². The van der Waals surface area contributed by atoms with E-state index >= 15 is 0 Å². The molecule has 0 saturated heterocycles. The zero-order chi connectivity index (χ0) is 16.3. The van der Waals surface area contributed by atoms with Crippen molar-refractivity contribution >= 4 is 39.7 Å². The summed E-state index contributed by atoms with van der Waals surface area (Å²) in [6.07, 6.45) is 0. The summed E-state index contributed by atoms with van der Waals surface area (Å²) in [5.41, 5.74) is 3.14. The monoisotopic (exact) mass is 334 g/mol. The van der Waals surface area contributed by atoms with Crippen LogP contribution in [0.3, 0.4) is 0 Å². The summed E-state index contributed by atoms with van der Waals surface area (Å²) in [7, 11) is 1.73. The van der Waals surface area contributed by atoms with E-state index in [1.165, 1.54) is 0 Å². The summed E-state index contributed by atoms with van der Waals surface area (Å²) in [6, 6.07) is 7.85. The minimum atomic E-state index is -0.159. The van der Waals surface area contributed by atoms with Gasteiger partial charge in [0, 0.05) is 12.7 Å². The summed E-state index contributed by atoms with van der Waals surface area (Å²) in [4.78, 5) is 13.9. The Morgan fingerprint density at radius 3 is 2.68 bits per heavy atom. The van der Waals surface area contributed by atoms with E-state index in [4.69, 9.17) is 16.9 Å². The van der Waals surface area contributed by atoms with Crippen molar-refractivity contribution in [2.75, 3.05) is 23.8 Å². The Hall–Kier alpha value is -2.10. The lowest BCUT2D eigenvalue weighted by atomic mass is 10.1. The number of nitrogens with zero attached hydrogens (tertiary/aromatic N) is 3. The van der Waals surface area contributed by atoms with Crippen LogP contribution in [0.2, 0.25) is 5.15 Å². The standard InChI is InChI=1S/C15H15ClN4OS/c1-9-5-4-6-10(2)13(9)18-12(21)8-20(3)15-11(7-17)14(16)19-22-15/h4-6H,8H2,1-3H3,(H,18,21). The molecule has 2 aromatic rings. The van der Waals surface area contributed by atoms with Crippen LogP contribution in [0.15, 0.2) is 18.2 Å². The first kappa shape index (κ1) is 16.3. The van der Waals surface area contributed by atoms with E-state index in [1.54, 1.807) is 11.9 Å². The molecule has 1 heterocycles. The molecule has 0 fully saturated rings. The molecule has 114 valence electrons. The predicted octanol–water partition coefficient (Wildman–Crippen LogP) is 3.36. The average molecular weight is 335 g/mol. The number of rotatable bonds is 4. The Kier molecular flexibility index (Phi) is 5.01. The third-order valence-corrected chi connectivity index (χ3v) is 4.55. The fourth-order valence-electron chi connectivity index (χ4n) is 2.10. The minimum absolute atomic E-state index is 0.112. The molecule has 0 aliphatic rings. The molecule has 0 spiro atoms. The summed E-state index contributed by atoms with van der Waals surface area (Å²) in [6.45, 7) is 4.01. The number of aromatic nitrogens is 1. The van der Waals surface area contributed by atoms with Crippen molar-refractivity contribution in [3.63, 3.8) is 0 Å². The number of carbonyl (C=O) groups is 1. The molecule has 0 aliphatic heterocycles. The largest absolute Gasteiger partial charge is 0.355 e. The van der Waals surface area contributed by atoms with E-state index in [9.17, 15) is 4.79 Å². The highest BCUT2D eigenvalue weighted by atomic mass is 35.5. The molecule has 0 atom stereocenters. The van der Waals surface area contributed by atoms with Gasteiger partial charge in [-0.05, 0) is 36.5 Å². The molecule has 1 amide bonds. The van der Waals surface area contributed by atoms with E-state index in [0.717, 1.165) is 28.3 Å². The number of aryl methyl sites for hydroxylation is 2. The number of para-hydroxylation sites is 1. The van der Waals surface area contributed by atoms with Gasteiger partial charge in [-0.15, -0.1) is 0 Å². The Morgan fingerprint density at radius 2 is 2.09 bits per heavy atom. The molecule has 1 aromatic heterocycles. The van der Waals surface area contributed by atoms with Gasteiger partial charge in [-0.1, -0.05) is 29.8 Å². The van der Waals surface area contributed by atoms with Crippen molar-refractivity contribution in [1.29, 1.82) is 5.26 Å². The molecule has 1 N–H and O–H groups in total. The SMILES string of the molecule is Cc1cccc(C)c1NC(=O)CN(C)c1snc(Cl)c1C#N. The maximum Gasteiger partial charge on any atom is 0.243 e. The van der Waals surface area contributed by atoms with Gasteiger partial charge in [-0.25, -0.2) is 0 Å². The van der Waals surface area contributed by atoms with Gasteiger partial charge in [0.05, 0.1) is 6.54 Å². The van der Waals surface area contributed by atoms with E-state index in [1.807, 2.05) is 38.1 Å². The quantitative estimate of drug-likeness (QED) is 0.930. The molecular weight excluding hydrogens is 320 g/mol. The highest BCUT2D eigenvalue weighted by Gasteiger charge is 2.18. The maximum absolute atomic E-state index is 12.2. The lowest BCUT2D eigenvalue weighted by Crippen LogP contribution is -2.30. The molecule has 0 radical (unpaired) electrons. The summed E-state index contributed by atoms with van der Waals surface area (Å²) in [5.74, 6) is -0.159. The van der Waals surface area contributed by atoms with Crippen LogP contribution in [0.4, 0.5) is 10.7 Å². The number of anilines is 2. The van der Waals surface area contributed by atoms with Gasteiger partial charge in [0.25, 0.3) is 0 Å². The van der Waals surface area contributed by atoms with Gasteiger partial charge >= 0.3 is 0 Å². The molecule has 0 bridgehead atoms. The minimum Gasteiger partial charge on any atom is -0.355 e. The Labute approximate surface area is 138 Å². The number of amides is 1. The molecule has 1 aromatic carbocycles. The van der Waals surface area contributed by atoms with Crippen LogP contribution in [-0.2, 0) is 4.79 Å². The highest BCUT2D eigenvalue weighted by molar-refractivity contribution is 7.10. The zero-order valence-corrected chi connectivity index (χ0v) is 14.0. The molecule has 2 rings (SSSR count). The van der Waals surface area contributed by atoms with Crippen molar-refractivity contribution in [2.45, 2.75) is 13.8 Å². The fourth-order valence-corrected chi connectivity index (χ4v) is 3.08. The highest BCUT2D eigenvalue weighted by Crippen LogP contribution is 2.30. The number of benzene rings is 1. The zero-order valence-electron chi connectivity index (χ0n) is 12.5. The first-order valence-electron chi connectivity index (χ1n) is 6.56. The second-order valence-corrected chi connectivity index (χ2v) is 6.05. The molecule has 0 aliphatic carbocycles. The van der Waals surface area contributed by atoms with E-state index < -0.39 is 0 Å². The average Bonchev–Trinajstić information content (AvgIpc) is 2.84. The Bertz CT molecular complexity index is 730. The summed E-state index contributed by atoms with van der Waals surface area (Å²) in [5, 5.41) is 12.8. The van der Waals surface area contributed by atoms with Crippen LogP contribution >= 0.6 is 23.1 Å². The van der Waals surface area contributed by atoms with E-state index in [-0.39, 0.29) is 17.6 Å². The van der Waals surface area contributed by atoms with Gasteiger partial charge in [0.1, 0.15) is 16.6 Å². The molecule has 0 unspecified atom stereocenters. The second kappa shape index (κ2) is 6.77. The molecule has 7 heteroatoms. The van der Waals surface area contributed by atoms with E-state index in [0.29, 0.717) is 10.6 Å². The van der Waals surface area contributed by atoms with Gasteiger partial charge in [-0.2, -0.15) is 9.64 Å². The third kappa shape index (κ3) is 3.38. The first-order valence-corrected chi connectivity index (χ1v) is 7.71.